The van der Waals surface area contributed by atoms with Crippen molar-refractivity contribution in [2.45, 2.75) is 12.8 Å². The molecule has 108 valence electrons. The first-order valence-electron chi connectivity index (χ1n) is 7.14. The number of anilines is 2. The second-order valence-corrected chi connectivity index (χ2v) is 5.64. The number of benzene rings is 2. The zero-order valence-electron chi connectivity index (χ0n) is 11.7. The van der Waals surface area contributed by atoms with E-state index in [4.69, 9.17) is 11.6 Å². The Kier molecular flexibility index (Phi) is 4.11. The average molecular weight is 301 g/mol. The maximum atomic E-state index is 12.1. The molecule has 21 heavy (non-hydrogen) atoms. The topological polar surface area (TPSA) is 32.3 Å². The number of nitrogens with zero attached hydrogens (tertiary/aromatic N) is 1. The lowest BCUT2D eigenvalue weighted by atomic mass is 10.2. The van der Waals surface area contributed by atoms with Crippen LogP contribution in [0.25, 0.3) is 0 Å². The van der Waals surface area contributed by atoms with E-state index < -0.39 is 0 Å². The molecule has 2 aromatic rings. The first kappa shape index (κ1) is 14.0. The quantitative estimate of drug-likeness (QED) is 0.921. The van der Waals surface area contributed by atoms with E-state index in [1.54, 1.807) is 24.3 Å². The van der Waals surface area contributed by atoms with Crippen molar-refractivity contribution in [2.24, 2.45) is 0 Å². The summed E-state index contributed by atoms with van der Waals surface area (Å²) in [5, 5.41) is 3.52. The van der Waals surface area contributed by atoms with Crippen LogP contribution in [0.15, 0.2) is 48.5 Å². The van der Waals surface area contributed by atoms with Gasteiger partial charge in [-0.2, -0.15) is 0 Å². The molecule has 0 atom stereocenters. The molecule has 1 N–H and O–H groups in total. The van der Waals surface area contributed by atoms with Gasteiger partial charge in [0.1, 0.15) is 0 Å². The largest absolute Gasteiger partial charge is 0.372 e. The molecule has 1 aliphatic heterocycles. The Bertz CT molecular complexity index is 616. The molecule has 3 rings (SSSR count). The number of carbonyl (C=O) groups is 1. The highest BCUT2D eigenvalue weighted by Crippen LogP contribution is 2.22. The molecule has 0 radical (unpaired) electrons. The summed E-state index contributed by atoms with van der Waals surface area (Å²) in [5.74, 6) is -0.124. The van der Waals surface area contributed by atoms with Crippen LogP contribution in [-0.2, 0) is 0 Å². The van der Waals surface area contributed by atoms with Gasteiger partial charge in [-0.1, -0.05) is 11.6 Å². The highest BCUT2D eigenvalue weighted by Gasteiger charge is 2.12. The second kappa shape index (κ2) is 6.19. The van der Waals surface area contributed by atoms with Crippen molar-refractivity contribution in [2.75, 3.05) is 23.3 Å². The lowest BCUT2D eigenvalue weighted by molar-refractivity contribution is 0.102. The van der Waals surface area contributed by atoms with Gasteiger partial charge in [-0.25, -0.2) is 0 Å². The first-order chi connectivity index (χ1) is 10.2. The summed E-state index contributed by atoms with van der Waals surface area (Å²) >= 11 is 5.82. The lowest BCUT2D eigenvalue weighted by Gasteiger charge is -2.17. The number of amides is 1. The fourth-order valence-electron chi connectivity index (χ4n) is 2.54. The van der Waals surface area contributed by atoms with Crippen LogP contribution >= 0.6 is 11.6 Å². The van der Waals surface area contributed by atoms with Gasteiger partial charge in [0, 0.05) is 35.1 Å². The van der Waals surface area contributed by atoms with E-state index in [1.807, 2.05) is 12.1 Å². The summed E-state index contributed by atoms with van der Waals surface area (Å²) in [4.78, 5) is 14.5. The van der Waals surface area contributed by atoms with Crippen LogP contribution in [0.4, 0.5) is 11.4 Å². The number of hydrogen-bond donors (Lipinski definition) is 1. The summed E-state index contributed by atoms with van der Waals surface area (Å²) in [6.45, 7) is 2.24. The minimum Gasteiger partial charge on any atom is -0.372 e. The van der Waals surface area contributed by atoms with Crippen molar-refractivity contribution in [1.29, 1.82) is 0 Å². The maximum Gasteiger partial charge on any atom is 0.255 e. The van der Waals surface area contributed by atoms with Crippen LogP contribution in [0.2, 0.25) is 5.02 Å². The van der Waals surface area contributed by atoms with Crippen LogP contribution in [0.1, 0.15) is 23.2 Å². The van der Waals surface area contributed by atoms with Crippen molar-refractivity contribution in [3.05, 3.63) is 59.1 Å². The summed E-state index contributed by atoms with van der Waals surface area (Å²) in [6, 6.07) is 14.9. The molecule has 1 saturated heterocycles. The summed E-state index contributed by atoms with van der Waals surface area (Å²) in [5.41, 5.74) is 2.62. The Morgan fingerprint density at radius 1 is 0.952 bits per heavy atom. The fraction of sp³-hybridized carbons (Fsp3) is 0.235. The molecule has 1 aliphatic rings. The molecule has 2 aromatic carbocycles. The van der Waals surface area contributed by atoms with E-state index >= 15 is 0 Å². The predicted octanol–water partition coefficient (Wildman–Crippen LogP) is 4.19. The van der Waals surface area contributed by atoms with E-state index in [1.165, 1.54) is 18.5 Å². The normalized spacial score (nSPS) is 14.2. The van der Waals surface area contributed by atoms with Crippen LogP contribution in [0.5, 0.6) is 0 Å². The number of rotatable bonds is 3. The van der Waals surface area contributed by atoms with Crippen LogP contribution < -0.4 is 10.2 Å². The zero-order valence-corrected chi connectivity index (χ0v) is 12.4. The van der Waals surface area contributed by atoms with Gasteiger partial charge in [0.15, 0.2) is 0 Å². The number of nitrogens with one attached hydrogen (secondary N) is 1. The number of halogens is 1. The first-order valence-corrected chi connectivity index (χ1v) is 7.52. The molecule has 3 nitrogen and oxygen atoms in total. The van der Waals surface area contributed by atoms with Crippen molar-refractivity contribution < 1.29 is 4.79 Å². The Morgan fingerprint density at radius 3 is 2.19 bits per heavy atom. The van der Waals surface area contributed by atoms with Crippen molar-refractivity contribution >= 4 is 28.9 Å². The van der Waals surface area contributed by atoms with E-state index in [9.17, 15) is 4.79 Å². The third-order valence-corrected chi connectivity index (χ3v) is 3.95. The van der Waals surface area contributed by atoms with E-state index in [2.05, 4.69) is 22.3 Å². The molecule has 4 heteroatoms. The summed E-state index contributed by atoms with van der Waals surface area (Å²) < 4.78 is 0. The van der Waals surface area contributed by atoms with Crippen LogP contribution in [-0.4, -0.2) is 19.0 Å². The predicted molar refractivity (Wildman–Crippen MR) is 87.3 cm³/mol. The molecule has 0 bridgehead atoms. The average Bonchev–Trinajstić information content (AvgIpc) is 3.03. The summed E-state index contributed by atoms with van der Waals surface area (Å²) in [6.07, 6.45) is 2.52. The van der Waals surface area contributed by atoms with Crippen molar-refractivity contribution in [3.63, 3.8) is 0 Å². The number of hydrogen-bond acceptors (Lipinski definition) is 2. The smallest absolute Gasteiger partial charge is 0.255 e. The van der Waals surface area contributed by atoms with E-state index in [0.717, 1.165) is 18.8 Å². The fourth-order valence-corrected chi connectivity index (χ4v) is 2.66. The van der Waals surface area contributed by atoms with Gasteiger partial charge in [-0.3, -0.25) is 4.79 Å². The zero-order chi connectivity index (χ0) is 14.7. The van der Waals surface area contributed by atoms with Gasteiger partial charge in [-0.05, 0) is 61.4 Å². The van der Waals surface area contributed by atoms with Gasteiger partial charge >= 0.3 is 0 Å². The van der Waals surface area contributed by atoms with Gasteiger partial charge < -0.3 is 10.2 Å². The molecule has 0 spiro atoms. The van der Waals surface area contributed by atoms with Crippen molar-refractivity contribution in [3.8, 4) is 0 Å². The molecule has 1 heterocycles. The second-order valence-electron chi connectivity index (χ2n) is 5.20. The van der Waals surface area contributed by atoms with Crippen LogP contribution in [0, 0.1) is 0 Å². The Balaban J connectivity index is 1.67. The molecular weight excluding hydrogens is 284 g/mol. The third kappa shape index (κ3) is 3.37. The van der Waals surface area contributed by atoms with Gasteiger partial charge in [0.2, 0.25) is 0 Å². The highest BCUT2D eigenvalue weighted by molar-refractivity contribution is 6.30. The molecule has 0 aliphatic carbocycles. The highest BCUT2D eigenvalue weighted by atomic mass is 35.5. The third-order valence-electron chi connectivity index (χ3n) is 3.70. The number of carbonyl (C=O) groups excluding carboxylic acids is 1. The van der Waals surface area contributed by atoms with E-state index in [0.29, 0.717) is 10.6 Å². The minimum absolute atomic E-state index is 0.124. The minimum atomic E-state index is -0.124. The standard InChI is InChI=1S/C17H17ClN2O/c18-14-5-3-13(4-6-14)17(21)19-15-7-9-16(10-8-15)20-11-1-2-12-20/h3-10H,1-2,11-12H2,(H,19,21). The molecule has 0 aromatic heterocycles. The molecular formula is C17H17ClN2O. The molecule has 1 fully saturated rings. The van der Waals surface area contributed by atoms with Crippen molar-refractivity contribution in [1.82, 2.24) is 0 Å². The van der Waals surface area contributed by atoms with E-state index in [-0.39, 0.29) is 5.91 Å². The monoisotopic (exact) mass is 300 g/mol. The van der Waals surface area contributed by atoms with Gasteiger partial charge in [0.05, 0.1) is 0 Å². The Hall–Kier alpha value is -2.00. The lowest BCUT2D eigenvalue weighted by Crippen LogP contribution is -2.17. The maximum absolute atomic E-state index is 12.1. The van der Waals surface area contributed by atoms with Gasteiger partial charge in [-0.15, -0.1) is 0 Å². The van der Waals surface area contributed by atoms with Gasteiger partial charge in [0.25, 0.3) is 5.91 Å². The summed E-state index contributed by atoms with van der Waals surface area (Å²) in [7, 11) is 0. The van der Waals surface area contributed by atoms with Crippen LogP contribution in [0.3, 0.4) is 0 Å². The molecule has 0 unspecified atom stereocenters. The molecule has 1 amide bonds. The SMILES string of the molecule is O=C(Nc1ccc(N2CCCC2)cc1)c1ccc(Cl)cc1. The molecule has 0 saturated carbocycles. The Labute approximate surface area is 129 Å². The Morgan fingerprint density at radius 2 is 1.57 bits per heavy atom.